The topological polar surface area (TPSA) is 108 Å². The van der Waals surface area contributed by atoms with Crippen LogP contribution >= 0.6 is 0 Å². The zero-order chi connectivity index (χ0) is 21.9. The first-order valence-corrected chi connectivity index (χ1v) is 9.64. The average molecular weight is 408 g/mol. The molecule has 0 radical (unpaired) electrons. The van der Waals surface area contributed by atoms with E-state index in [1.54, 1.807) is 24.3 Å². The van der Waals surface area contributed by atoms with Gasteiger partial charge in [0.25, 0.3) is 11.8 Å². The minimum absolute atomic E-state index is 0.237. The number of rotatable bonds is 6. The van der Waals surface area contributed by atoms with Crippen molar-refractivity contribution in [3.8, 4) is 0 Å². The number of carbonyl (C=O) groups is 4. The molecule has 0 aromatic heterocycles. The van der Waals surface area contributed by atoms with Crippen molar-refractivity contribution in [2.24, 2.45) is 0 Å². The van der Waals surface area contributed by atoms with Crippen molar-refractivity contribution < 1.29 is 19.2 Å². The van der Waals surface area contributed by atoms with Gasteiger partial charge in [0.1, 0.15) is 12.1 Å². The molecule has 1 fully saturated rings. The highest BCUT2D eigenvalue weighted by molar-refractivity contribution is 6.10. The van der Waals surface area contributed by atoms with Gasteiger partial charge >= 0.3 is 6.03 Å². The van der Waals surface area contributed by atoms with E-state index < -0.39 is 29.9 Å². The van der Waals surface area contributed by atoms with E-state index in [0.717, 1.165) is 10.5 Å². The van der Waals surface area contributed by atoms with Gasteiger partial charge < -0.3 is 16.0 Å². The third kappa shape index (κ3) is 3.89. The number of nitrogens with one attached hydrogen (secondary N) is 3. The van der Waals surface area contributed by atoms with Crippen LogP contribution in [-0.2, 0) is 15.1 Å². The van der Waals surface area contributed by atoms with E-state index in [-0.39, 0.29) is 5.91 Å². The van der Waals surface area contributed by atoms with E-state index in [2.05, 4.69) is 16.0 Å². The van der Waals surface area contributed by atoms with Crippen LogP contribution in [0.3, 0.4) is 0 Å². The predicted molar refractivity (Wildman–Crippen MR) is 112 cm³/mol. The normalized spacial score (nSPS) is 18.2. The predicted octanol–water partition coefficient (Wildman–Crippen LogP) is 2.15. The Balaban J connectivity index is 1.72. The SMILES string of the molecule is CCC1(c2ccc(C)cc2)NC(=O)N(CC(=O)Nc2ccc(C(=O)NC)cc2)C1=O. The molecule has 2 aromatic carbocycles. The quantitative estimate of drug-likeness (QED) is 0.637. The summed E-state index contributed by atoms with van der Waals surface area (Å²) >= 11 is 0. The maximum absolute atomic E-state index is 13.1. The van der Waals surface area contributed by atoms with Crippen LogP contribution in [-0.4, -0.2) is 42.2 Å². The Morgan fingerprint density at radius 3 is 2.23 bits per heavy atom. The van der Waals surface area contributed by atoms with Crippen molar-refractivity contribution in [2.75, 3.05) is 18.9 Å². The number of benzene rings is 2. The van der Waals surface area contributed by atoms with E-state index >= 15 is 0 Å². The van der Waals surface area contributed by atoms with Gasteiger partial charge in [-0.3, -0.25) is 19.3 Å². The van der Waals surface area contributed by atoms with Gasteiger partial charge in [-0.2, -0.15) is 0 Å². The molecule has 5 amide bonds. The number of carbonyl (C=O) groups excluding carboxylic acids is 4. The summed E-state index contributed by atoms with van der Waals surface area (Å²) in [5.74, 6) is -1.20. The number of amides is 5. The fourth-order valence-electron chi connectivity index (χ4n) is 3.44. The number of hydrogen-bond donors (Lipinski definition) is 3. The fraction of sp³-hybridized carbons (Fsp3) is 0.273. The lowest BCUT2D eigenvalue weighted by Crippen LogP contribution is -2.44. The lowest BCUT2D eigenvalue weighted by Gasteiger charge is -2.25. The highest BCUT2D eigenvalue weighted by atomic mass is 16.2. The smallest absolute Gasteiger partial charge is 0.325 e. The van der Waals surface area contributed by atoms with Crippen LogP contribution in [0.25, 0.3) is 0 Å². The molecule has 8 nitrogen and oxygen atoms in total. The zero-order valence-corrected chi connectivity index (χ0v) is 17.1. The molecule has 0 spiro atoms. The summed E-state index contributed by atoms with van der Waals surface area (Å²) in [7, 11) is 1.53. The van der Waals surface area contributed by atoms with Gasteiger partial charge in [-0.15, -0.1) is 0 Å². The Hall–Kier alpha value is -3.68. The van der Waals surface area contributed by atoms with Crippen molar-refractivity contribution >= 4 is 29.4 Å². The molecule has 0 aliphatic carbocycles. The molecular formula is C22H24N4O4. The highest BCUT2D eigenvalue weighted by Crippen LogP contribution is 2.32. The van der Waals surface area contributed by atoms with E-state index in [9.17, 15) is 19.2 Å². The fourth-order valence-corrected chi connectivity index (χ4v) is 3.44. The van der Waals surface area contributed by atoms with E-state index in [4.69, 9.17) is 0 Å². The molecule has 1 unspecified atom stereocenters. The Labute approximate surface area is 174 Å². The molecule has 156 valence electrons. The van der Waals surface area contributed by atoms with Crippen LogP contribution in [0.4, 0.5) is 10.5 Å². The van der Waals surface area contributed by atoms with Gasteiger partial charge in [-0.05, 0) is 43.2 Å². The summed E-state index contributed by atoms with van der Waals surface area (Å²) in [5, 5.41) is 7.92. The van der Waals surface area contributed by atoms with Crippen LogP contribution in [0.5, 0.6) is 0 Å². The molecule has 1 atom stereocenters. The summed E-state index contributed by atoms with van der Waals surface area (Å²) < 4.78 is 0. The van der Waals surface area contributed by atoms with Crippen molar-refractivity contribution in [3.63, 3.8) is 0 Å². The summed E-state index contributed by atoms with van der Waals surface area (Å²) in [4.78, 5) is 50.6. The van der Waals surface area contributed by atoms with Gasteiger partial charge in [0.15, 0.2) is 0 Å². The summed E-state index contributed by atoms with van der Waals surface area (Å²) in [6.45, 7) is 3.35. The van der Waals surface area contributed by atoms with Gasteiger partial charge in [0.05, 0.1) is 0 Å². The van der Waals surface area contributed by atoms with Gasteiger partial charge in [-0.25, -0.2) is 4.79 Å². The Morgan fingerprint density at radius 1 is 1.03 bits per heavy atom. The first-order valence-electron chi connectivity index (χ1n) is 9.64. The number of nitrogens with zero attached hydrogens (tertiary/aromatic N) is 1. The number of hydrogen-bond acceptors (Lipinski definition) is 4. The molecule has 1 aliphatic rings. The first kappa shape index (κ1) is 21.0. The summed E-state index contributed by atoms with van der Waals surface area (Å²) in [5.41, 5.74) is 1.46. The van der Waals surface area contributed by atoms with E-state index in [1.807, 2.05) is 38.1 Å². The zero-order valence-electron chi connectivity index (χ0n) is 17.1. The minimum Gasteiger partial charge on any atom is -0.355 e. The molecule has 0 saturated carbocycles. The molecule has 2 aromatic rings. The van der Waals surface area contributed by atoms with E-state index in [0.29, 0.717) is 23.2 Å². The third-order valence-corrected chi connectivity index (χ3v) is 5.21. The standard InChI is InChI=1S/C22H24N4O4/c1-4-22(16-9-5-14(2)6-10-16)20(29)26(21(30)25-22)13-18(27)24-17-11-7-15(8-12-17)19(28)23-3/h5-12H,4,13H2,1-3H3,(H,23,28)(H,24,27)(H,25,30). The largest absolute Gasteiger partial charge is 0.355 e. The number of anilines is 1. The lowest BCUT2D eigenvalue weighted by molar-refractivity contribution is -0.134. The highest BCUT2D eigenvalue weighted by Gasteiger charge is 2.51. The van der Waals surface area contributed by atoms with Gasteiger partial charge in [0.2, 0.25) is 5.91 Å². The molecule has 3 N–H and O–H groups in total. The van der Waals surface area contributed by atoms with Gasteiger partial charge in [-0.1, -0.05) is 36.8 Å². The maximum atomic E-state index is 13.1. The lowest BCUT2D eigenvalue weighted by atomic mass is 9.87. The molecule has 1 saturated heterocycles. The number of urea groups is 1. The third-order valence-electron chi connectivity index (χ3n) is 5.21. The second-order valence-electron chi connectivity index (χ2n) is 7.15. The second-order valence-corrected chi connectivity index (χ2v) is 7.15. The van der Waals surface area contributed by atoms with Crippen molar-refractivity contribution in [3.05, 3.63) is 65.2 Å². The Morgan fingerprint density at radius 2 is 1.67 bits per heavy atom. The first-order chi connectivity index (χ1) is 14.3. The van der Waals surface area contributed by atoms with Crippen molar-refractivity contribution in [1.29, 1.82) is 0 Å². The number of imide groups is 1. The average Bonchev–Trinajstić information content (AvgIpc) is 2.99. The van der Waals surface area contributed by atoms with Crippen LogP contribution in [0.2, 0.25) is 0 Å². The number of aryl methyl sites for hydroxylation is 1. The van der Waals surface area contributed by atoms with E-state index in [1.165, 1.54) is 7.05 Å². The summed E-state index contributed by atoms with van der Waals surface area (Å²) in [6.07, 6.45) is 0.361. The second kappa shape index (κ2) is 8.36. The van der Waals surface area contributed by atoms with Crippen molar-refractivity contribution in [1.82, 2.24) is 15.5 Å². The molecule has 3 rings (SSSR count). The maximum Gasteiger partial charge on any atom is 0.325 e. The molecule has 30 heavy (non-hydrogen) atoms. The Kier molecular flexibility index (Phi) is 5.86. The monoisotopic (exact) mass is 408 g/mol. The molecule has 0 bridgehead atoms. The van der Waals surface area contributed by atoms with Gasteiger partial charge in [0, 0.05) is 18.3 Å². The molecule has 1 aliphatic heterocycles. The van der Waals surface area contributed by atoms with Crippen LogP contribution < -0.4 is 16.0 Å². The van der Waals surface area contributed by atoms with Crippen LogP contribution in [0.1, 0.15) is 34.8 Å². The Bertz CT molecular complexity index is 985. The van der Waals surface area contributed by atoms with Crippen LogP contribution in [0, 0.1) is 6.92 Å². The minimum atomic E-state index is -1.18. The molecule has 8 heteroatoms. The van der Waals surface area contributed by atoms with Crippen LogP contribution in [0.15, 0.2) is 48.5 Å². The molecule has 1 heterocycles. The molecular weight excluding hydrogens is 384 g/mol. The van der Waals surface area contributed by atoms with Crippen molar-refractivity contribution in [2.45, 2.75) is 25.8 Å². The summed E-state index contributed by atoms with van der Waals surface area (Å²) in [6, 6.07) is 13.1.